The van der Waals surface area contributed by atoms with Crippen LogP contribution < -0.4 is 5.43 Å². The van der Waals surface area contributed by atoms with Crippen molar-refractivity contribution in [3.63, 3.8) is 0 Å². The molecule has 0 fully saturated rings. The van der Waals surface area contributed by atoms with Crippen LogP contribution in [0.3, 0.4) is 0 Å². The van der Waals surface area contributed by atoms with Crippen molar-refractivity contribution in [1.29, 1.82) is 0 Å². The highest BCUT2D eigenvalue weighted by Gasteiger charge is 2.02. The number of aromatic nitrogens is 1. The topological polar surface area (TPSA) is 22.0 Å². The van der Waals surface area contributed by atoms with Gasteiger partial charge in [-0.1, -0.05) is 12.1 Å². The number of fused-ring (bicyclic) bond motifs is 1. The summed E-state index contributed by atoms with van der Waals surface area (Å²) in [7, 11) is 1.91. The molecule has 0 spiro atoms. The maximum Gasteiger partial charge on any atom is 0.187 e. The molecule has 0 amide bonds. The van der Waals surface area contributed by atoms with Crippen LogP contribution >= 0.6 is 0 Å². The van der Waals surface area contributed by atoms with Crippen molar-refractivity contribution in [3.05, 3.63) is 46.9 Å². The van der Waals surface area contributed by atoms with E-state index >= 15 is 0 Å². The van der Waals surface area contributed by atoms with Gasteiger partial charge in [-0.15, -0.1) is 0 Å². The molecule has 1 aliphatic carbocycles. The first-order chi connectivity index (χ1) is 5.77. The maximum absolute atomic E-state index is 11.3. The summed E-state index contributed by atoms with van der Waals surface area (Å²) in [6.45, 7) is 0. The van der Waals surface area contributed by atoms with Gasteiger partial charge in [0, 0.05) is 25.0 Å². The Morgan fingerprint density at radius 2 is 2.08 bits per heavy atom. The van der Waals surface area contributed by atoms with E-state index in [0.29, 0.717) is 0 Å². The molecule has 12 heavy (non-hydrogen) atoms. The molecule has 0 N–H and O–H groups in total. The molecule has 0 atom stereocenters. The van der Waals surface area contributed by atoms with E-state index in [4.69, 9.17) is 0 Å². The second-order valence-corrected chi connectivity index (χ2v) is 2.87. The van der Waals surface area contributed by atoms with E-state index in [1.54, 1.807) is 12.1 Å². The molecular formula is C10H9NO. The predicted molar refractivity (Wildman–Crippen MR) is 48.3 cm³/mol. The molecule has 0 unspecified atom stereocenters. The fourth-order valence-corrected chi connectivity index (χ4v) is 1.29. The Hall–Kier alpha value is -1.57. The molecule has 0 radical (unpaired) electrons. The molecule has 0 bridgehead atoms. The first kappa shape index (κ1) is 7.10. The summed E-state index contributed by atoms with van der Waals surface area (Å²) in [5.41, 5.74) is 1.87. The minimum Gasteiger partial charge on any atom is -0.356 e. The molecule has 1 heterocycles. The van der Waals surface area contributed by atoms with Gasteiger partial charge >= 0.3 is 0 Å². The summed E-state index contributed by atoms with van der Waals surface area (Å²) in [4.78, 5) is 11.3. The van der Waals surface area contributed by atoms with Crippen molar-refractivity contribution < 1.29 is 0 Å². The van der Waals surface area contributed by atoms with Gasteiger partial charge in [0.25, 0.3) is 0 Å². The minimum atomic E-state index is 0.0868. The number of hydrogen-bond donors (Lipinski definition) is 0. The van der Waals surface area contributed by atoms with Crippen molar-refractivity contribution in [2.24, 2.45) is 7.05 Å². The Balaban J connectivity index is 2.88. The molecule has 2 aliphatic rings. The van der Waals surface area contributed by atoms with E-state index in [9.17, 15) is 4.79 Å². The van der Waals surface area contributed by atoms with Gasteiger partial charge in [-0.2, -0.15) is 0 Å². The maximum atomic E-state index is 11.3. The lowest BCUT2D eigenvalue weighted by Gasteiger charge is -2.05. The first-order valence-corrected chi connectivity index (χ1v) is 3.82. The Morgan fingerprint density at radius 3 is 2.92 bits per heavy atom. The van der Waals surface area contributed by atoms with Crippen LogP contribution in [-0.2, 0) is 7.05 Å². The van der Waals surface area contributed by atoms with Crippen molar-refractivity contribution in [1.82, 2.24) is 4.57 Å². The minimum absolute atomic E-state index is 0.0868. The van der Waals surface area contributed by atoms with Crippen molar-refractivity contribution >= 4 is 0 Å². The third-order valence-electron chi connectivity index (χ3n) is 1.92. The molecule has 2 nitrogen and oxygen atoms in total. The van der Waals surface area contributed by atoms with Crippen LogP contribution in [0.25, 0.3) is 11.1 Å². The Labute approximate surface area is 70.4 Å². The monoisotopic (exact) mass is 159 g/mol. The van der Waals surface area contributed by atoms with E-state index in [-0.39, 0.29) is 5.43 Å². The normalized spacial score (nSPS) is 10.4. The number of rotatable bonds is 0. The van der Waals surface area contributed by atoms with Crippen LogP contribution in [-0.4, -0.2) is 4.57 Å². The summed E-state index contributed by atoms with van der Waals surface area (Å²) in [5, 5.41) is 0. The van der Waals surface area contributed by atoms with Gasteiger partial charge in [0.1, 0.15) is 0 Å². The van der Waals surface area contributed by atoms with Gasteiger partial charge in [0.05, 0.1) is 0 Å². The zero-order valence-electron chi connectivity index (χ0n) is 6.82. The third kappa shape index (κ3) is 1.01. The predicted octanol–water partition coefficient (Wildman–Crippen LogP) is 1.49. The van der Waals surface area contributed by atoms with Gasteiger partial charge in [0.15, 0.2) is 5.43 Å². The van der Waals surface area contributed by atoms with Gasteiger partial charge in [-0.05, 0) is 17.7 Å². The lowest BCUT2D eigenvalue weighted by molar-refractivity contribution is 0.904. The van der Waals surface area contributed by atoms with E-state index < -0.39 is 0 Å². The highest BCUT2D eigenvalue weighted by molar-refractivity contribution is 5.63. The lowest BCUT2D eigenvalue weighted by atomic mass is 10.1. The molecule has 2 rings (SSSR count). The number of aryl methyl sites for hydroxylation is 1. The second kappa shape index (κ2) is 2.48. The van der Waals surface area contributed by atoms with Crippen LogP contribution in [0.5, 0.6) is 0 Å². The molecule has 1 aliphatic heterocycles. The molecule has 60 valence electrons. The van der Waals surface area contributed by atoms with Gasteiger partial charge in [0.2, 0.25) is 0 Å². The van der Waals surface area contributed by atoms with Crippen LogP contribution in [0.2, 0.25) is 0 Å². The van der Waals surface area contributed by atoms with Gasteiger partial charge in [-0.3, -0.25) is 4.79 Å². The highest BCUT2D eigenvalue weighted by atomic mass is 16.1. The van der Waals surface area contributed by atoms with Crippen LogP contribution in [0.1, 0.15) is 0 Å². The van der Waals surface area contributed by atoms with Crippen molar-refractivity contribution in [2.75, 3.05) is 0 Å². The quantitative estimate of drug-likeness (QED) is 0.570. The Kier molecular flexibility index (Phi) is 1.47. The fraction of sp³-hybridized carbons (Fsp3) is 0.100. The highest BCUT2D eigenvalue weighted by Crippen LogP contribution is 2.14. The molecule has 0 aromatic rings. The molecule has 2 heteroatoms. The summed E-state index contributed by atoms with van der Waals surface area (Å²) in [6.07, 6.45) is 3.78. The zero-order chi connectivity index (χ0) is 8.55. The second-order valence-electron chi connectivity index (χ2n) is 2.87. The van der Waals surface area contributed by atoms with E-state index in [2.05, 4.69) is 0 Å². The number of pyridine rings is 1. The molecular weight excluding hydrogens is 150 g/mol. The summed E-state index contributed by atoms with van der Waals surface area (Å²) in [6, 6.07) is 7.25. The van der Waals surface area contributed by atoms with Gasteiger partial charge in [-0.25, -0.2) is 0 Å². The third-order valence-corrected chi connectivity index (χ3v) is 1.92. The van der Waals surface area contributed by atoms with Crippen LogP contribution in [0.4, 0.5) is 0 Å². The summed E-state index contributed by atoms with van der Waals surface area (Å²) < 4.78 is 1.88. The smallest absolute Gasteiger partial charge is 0.187 e. The molecule has 0 aromatic carbocycles. The average molecular weight is 159 g/mol. The molecule has 0 saturated carbocycles. The number of nitrogens with zero attached hydrogens (tertiary/aromatic N) is 1. The summed E-state index contributed by atoms with van der Waals surface area (Å²) >= 11 is 0. The Morgan fingerprint density at radius 1 is 1.25 bits per heavy atom. The molecule has 0 saturated heterocycles. The Bertz CT molecular complexity index is 430. The van der Waals surface area contributed by atoms with Gasteiger partial charge < -0.3 is 4.57 Å². The van der Waals surface area contributed by atoms with Crippen LogP contribution in [0, 0.1) is 0 Å². The fourth-order valence-electron chi connectivity index (χ4n) is 1.29. The lowest BCUT2D eigenvalue weighted by Crippen LogP contribution is -2.05. The SMILES string of the molecule is Cn1ccc2cccc(=O)c-2c1. The standard InChI is InChI=1S/C10H9NO/c1-11-6-5-8-3-2-4-10(12)9(8)7-11/h2-7H,1H3. The van der Waals surface area contributed by atoms with E-state index in [1.807, 2.05) is 36.1 Å². The summed E-state index contributed by atoms with van der Waals surface area (Å²) in [5.74, 6) is 0. The molecule has 0 aromatic heterocycles. The largest absolute Gasteiger partial charge is 0.356 e. The average Bonchev–Trinajstić information content (AvgIpc) is 2.07. The first-order valence-electron chi connectivity index (χ1n) is 3.82. The van der Waals surface area contributed by atoms with E-state index in [1.165, 1.54) is 0 Å². The zero-order valence-corrected chi connectivity index (χ0v) is 6.82. The number of hydrogen-bond acceptors (Lipinski definition) is 1. The number of benzene rings is 1. The van der Waals surface area contributed by atoms with Crippen LogP contribution in [0.15, 0.2) is 41.5 Å². The van der Waals surface area contributed by atoms with Crippen molar-refractivity contribution in [3.8, 4) is 11.1 Å². The van der Waals surface area contributed by atoms with E-state index in [0.717, 1.165) is 11.1 Å². The van der Waals surface area contributed by atoms with Crippen molar-refractivity contribution in [2.45, 2.75) is 0 Å².